The third-order valence-electron chi connectivity index (χ3n) is 3.10. The molecule has 0 unspecified atom stereocenters. The zero-order chi connectivity index (χ0) is 14.4. The second-order valence-corrected chi connectivity index (χ2v) is 4.97. The van der Waals surface area contributed by atoms with Crippen molar-refractivity contribution in [1.82, 2.24) is 0 Å². The second kappa shape index (κ2) is 6.75. The van der Waals surface area contributed by atoms with Crippen molar-refractivity contribution in [3.05, 3.63) is 65.2 Å². The van der Waals surface area contributed by atoms with Crippen LogP contribution >= 0.6 is 0 Å². The number of hydrogen-bond acceptors (Lipinski definition) is 3. The molecule has 0 spiro atoms. The van der Waals surface area contributed by atoms with Crippen LogP contribution in [0.5, 0.6) is 5.75 Å². The van der Waals surface area contributed by atoms with E-state index in [1.165, 1.54) is 6.21 Å². The van der Waals surface area contributed by atoms with Crippen LogP contribution < -0.4 is 4.74 Å². The van der Waals surface area contributed by atoms with E-state index in [9.17, 15) is 0 Å². The van der Waals surface area contributed by atoms with Gasteiger partial charge < -0.3 is 9.94 Å². The van der Waals surface area contributed by atoms with Gasteiger partial charge in [-0.2, -0.15) is 0 Å². The first-order valence-corrected chi connectivity index (χ1v) is 6.69. The van der Waals surface area contributed by atoms with Crippen LogP contribution in [-0.2, 0) is 6.61 Å². The fourth-order valence-electron chi connectivity index (χ4n) is 2.03. The van der Waals surface area contributed by atoms with Gasteiger partial charge in [0.25, 0.3) is 0 Å². The maximum Gasteiger partial charge on any atom is 0.123 e. The van der Waals surface area contributed by atoms with Crippen molar-refractivity contribution in [3.63, 3.8) is 0 Å². The molecule has 0 atom stereocenters. The molecular formula is C17H19NO2. The van der Waals surface area contributed by atoms with Crippen molar-refractivity contribution in [3.8, 4) is 5.75 Å². The van der Waals surface area contributed by atoms with Gasteiger partial charge in [0.1, 0.15) is 12.4 Å². The molecule has 0 aromatic heterocycles. The first-order chi connectivity index (χ1) is 9.70. The van der Waals surface area contributed by atoms with Crippen LogP contribution in [0.4, 0.5) is 0 Å². The van der Waals surface area contributed by atoms with Crippen LogP contribution in [0, 0.1) is 0 Å². The Morgan fingerprint density at radius 2 is 1.90 bits per heavy atom. The predicted octanol–water partition coefficient (Wildman–Crippen LogP) is 4.20. The molecule has 3 heteroatoms. The molecule has 0 aliphatic carbocycles. The standard InChI is InChI=1S/C17H19NO2/c1-13(2)16-10-15(11-18-19)8-9-17(16)20-12-14-6-4-3-5-7-14/h3-11,13,19H,12H2,1-2H3. The van der Waals surface area contributed by atoms with Gasteiger partial charge in [0, 0.05) is 0 Å². The SMILES string of the molecule is CC(C)c1cc(C=NO)ccc1OCc1ccccc1. The van der Waals surface area contributed by atoms with Gasteiger partial charge in [0.05, 0.1) is 6.21 Å². The van der Waals surface area contributed by atoms with Crippen LogP contribution in [0.1, 0.15) is 36.5 Å². The summed E-state index contributed by atoms with van der Waals surface area (Å²) in [7, 11) is 0. The molecule has 0 bridgehead atoms. The van der Waals surface area contributed by atoms with Gasteiger partial charge in [-0.1, -0.05) is 49.3 Å². The van der Waals surface area contributed by atoms with Gasteiger partial charge in [-0.25, -0.2) is 0 Å². The minimum absolute atomic E-state index is 0.341. The minimum Gasteiger partial charge on any atom is -0.489 e. The zero-order valence-electron chi connectivity index (χ0n) is 11.8. The molecule has 0 fully saturated rings. The summed E-state index contributed by atoms with van der Waals surface area (Å²) >= 11 is 0. The molecule has 2 rings (SSSR count). The Labute approximate surface area is 119 Å². The summed E-state index contributed by atoms with van der Waals surface area (Å²) in [6, 6.07) is 15.9. The topological polar surface area (TPSA) is 41.8 Å². The van der Waals surface area contributed by atoms with E-state index < -0.39 is 0 Å². The maximum atomic E-state index is 8.61. The molecule has 0 amide bonds. The van der Waals surface area contributed by atoms with Crippen LogP contribution in [0.25, 0.3) is 0 Å². The van der Waals surface area contributed by atoms with Gasteiger partial charge in [-0.15, -0.1) is 0 Å². The molecule has 0 aliphatic rings. The van der Waals surface area contributed by atoms with Crippen molar-refractivity contribution in [2.75, 3.05) is 0 Å². The third-order valence-corrected chi connectivity index (χ3v) is 3.10. The van der Waals surface area contributed by atoms with Crippen molar-refractivity contribution in [2.45, 2.75) is 26.4 Å². The van der Waals surface area contributed by atoms with Crippen LogP contribution in [0.3, 0.4) is 0 Å². The third kappa shape index (κ3) is 3.60. The normalized spacial score (nSPS) is 11.2. The number of hydrogen-bond donors (Lipinski definition) is 1. The highest BCUT2D eigenvalue weighted by Gasteiger charge is 2.09. The van der Waals surface area contributed by atoms with Gasteiger partial charge in [0.15, 0.2) is 0 Å². The monoisotopic (exact) mass is 269 g/mol. The highest BCUT2D eigenvalue weighted by molar-refractivity contribution is 5.79. The molecule has 3 nitrogen and oxygen atoms in total. The lowest BCUT2D eigenvalue weighted by Crippen LogP contribution is -2.00. The molecule has 2 aromatic carbocycles. The predicted molar refractivity (Wildman–Crippen MR) is 80.7 cm³/mol. The minimum atomic E-state index is 0.341. The molecular weight excluding hydrogens is 250 g/mol. The number of ether oxygens (including phenoxy) is 1. The molecule has 0 aliphatic heterocycles. The summed E-state index contributed by atoms with van der Waals surface area (Å²) in [6.07, 6.45) is 1.42. The number of rotatable bonds is 5. The molecule has 104 valence electrons. The number of nitrogens with zero attached hydrogens (tertiary/aromatic N) is 1. The van der Waals surface area contributed by atoms with Gasteiger partial charge in [-0.3, -0.25) is 0 Å². The fraction of sp³-hybridized carbons (Fsp3) is 0.235. The maximum absolute atomic E-state index is 8.61. The first-order valence-electron chi connectivity index (χ1n) is 6.69. The van der Waals surface area contributed by atoms with E-state index in [-0.39, 0.29) is 0 Å². The highest BCUT2D eigenvalue weighted by atomic mass is 16.5. The molecule has 1 N–H and O–H groups in total. The average Bonchev–Trinajstić information content (AvgIpc) is 2.47. The van der Waals surface area contributed by atoms with E-state index in [0.717, 1.165) is 22.4 Å². The molecule has 2 aromatic rings. The smallest absolute Gasteiger partial charge is 0.123 e. The first kappa shape index (κ1) is 14.1. The summed E-state index contributed by atoms with van der Waals surface area (Å²) in [6.45, 7) is 4.78. The average molecular weight is 269 g/mol. The largest absolute Gasteiger partial charge is 0.489 e. The molecule has 0 saturated carbocycles. The Morgan fingerprint density at radius 3 is 2.55 bits per heavy atom. The van der Waals surface area contributed by atoms with E-state index in [1.807, 2.05) is 48.5 Å². The molecule has 20 heavy (non-hydrogen) atoms. The quantitative estimate of drug-likeness (QED) is 0.502. The van der Waals surface area contributed by atoms with Gasteiger partial charge in [-0.05, 0) is 40.8 Å². The van der Waals surface area contributed by atoms with Crippen molar-refractivity contribution in [1.29, 1.82) is 0 Å². The fourth-order valence-corrected chi connectivity index (χ4v) is 2.03. The van der Waals surface area contributed by atoms with Crippen molar-refractivity contribution < 1.29 is 9.94 Å². The van der Waals surface area contributed by atoms with E-state index in [1.54, 1.807) is 0 Å². The van der Waals surface area contributed by atoms with Gasteiger partial charge >= 0.3 is 0 Å². The second-order valence-electron chi connectivity index (χ2n) is 4.97. The van der Waals surface area contributed by atoms with Crippen LogP contribution in [0.15, 0.2) is 53.7 Å². The Kier molecular flexibility index (Phi) is 4.77. The van der Waals surface area contributed by atoms with Crippen molar-refractivity contribution >= 4 is 6.21 Å². The molecule has 0 saturated heterocycles. The Bertz CT molecular complexity index is 577. The van der Waals surface area contributed by atoms with E-state index in [0.29, 0.717) is 12.5 Å². The Balaban J connectivity index is 2.18. The summed E-state index contributed by atoms with van der Waals surface area (Å²) in [5, 5.41) is 11.7. The lowest BCUT2D eigenvalue weighted by molar-refractivity contribution is 0.301. The van der Waals surface area contributed by atoms with E-state index >= 15 is 0 Å². The van der Waals surface area contributed by atoms with Crippen molar-refractivity contribution in [2.24, 2.45) is 5.16 Å². The summed E-state index contributed by atoms with van der Waals surface area (Å²) < 4.78 is 5.91. The lowest BCUT2D eigenvalue weighted by atomic mass is 10.00. The number of oxime groups is 1. The van der Waals surface area contributed by atoms with Crippen LogP contribution in [-0.4, -0.2) is 11.4 Å². The summed E-state index contributed by atoms with van der Waals surface area (Å²) in [4.78, 5) is 0. The Morgan fingerprint density at radius 1 is 1.15 bits per heavy atom. The van der Waals surface area contributed by atoms with E-state index in [2.05, 4.69) is 19.0 Å². The number of benzene rings is 2. The summed E-state index contributed by atoms with van der Waals surface area (Å²) in [5.74, 6) is 1.21. The molecule has 0 radical (unpaired) electrons. The molecule has 0 heterocycles. The van der Waals surface area contributed by atoms with E-state index in [4.69, 9.17) is 9.94 Å². The zero-order valence-corrected chi connectivity index (χ0v) is 11.8. The van der Waals surface area contributed by atoms with Crippen LogP contribution in [0.2, 0.25) is 0 Å². The van der Waals surface area contributed by atoms with Gasteiger partial charge in [0.2, 0.25) is 0 Å². The lowest BCUT2D eigenvalue weighted by Gasteiger charge is -2.15. The summed E-state index contributed by atoms with van der Waals surface area (Å²) in [5.41, 5.74) is 3.12. The highest BCUT2D eigenvalue weighted by Crippen LogP contribution is 2.28. The Hall–Kier alpha value is -2.29.